The van der Waals surface area contributed by atoms with Gasteiger partial charge in [0.05, 0.1) is 19.2 Å². The van der Waals surface area contributed by atoms with E-state index in [0.717, 1.165) is 29.8 Å². The van der Waals surface area contributed by atoms with Crippen LogP contribution < -0.4 is 31.5 Å². The van der Waals surface area contributed by atoms with Gasteiger partial charge in [-0.2, -0.15) is 0 Å². The minimum Gasteiger partial charge on any atom is -0.464 e. The Hall–Kier alpha value is -3.58. The maximum Gasteiger partial charge on any atom is 0.328 e. The molecule has 1 aliphatic rings. The summed E-state index contributed by atoms with van der Waals surface area (Å²) >= 11 is 11.9. The fraction of sp³-hybridized carbons (Fsp3) is 0.528. The molecule has 12 nitrogen and oxygen atoms in total. The van der Waals surface area contributed by atoms with Crippen molar-refractivity contribution in [1.29, 1.82) is 0 Å². The summed E-state index contributed by atoms with van der Waals surface area (Å²) in [6.45, 7) is 7.04. The van der Waals surface area contributed by atoms with Crippen molar-refractivity contribution in [3.05, 3.63) is 65.7 Å². The van der Waals surface area contributed by atoms with Crippen molar-refractivity contribution in [2.45, 2.75) is 70.6 Å². The Morgan fingerprint density at radius 2 is 1.47 bits per heavy atom. The summed E-state index contributed by atoms with van der Waals surface area (Å²) in [4.78, 5) is 67.9. The zero-order valence-electron chi connectivity index (χ0n) is 29.4. The second-order valence-corrected chi connectivity index (χ2v) is 13.2. The lowest BCUT2D eigenvalue weighted by Crippen LogP contribution is -2.58. The van der Waals surface area contributed by atoms with E-state index in [2.05, 4.69) is 31.5 Å². The second kappa shape index (κ2) is 23.1. The Labute approximate surface area is 316 Å². The lowest BCUT2D eigenvalue weighted by molar-refractivity contribution is -0.147. The van der Waals surface area contributed by atoms with Crippen molar-refractivity contribution in [3.8, 4) is 0 Å². The predicted molar refractivity (Wildman–Crippen MR) is 202 cm³/mol. The second-order valence-electron chi connectivity index (χ2n) is 12.5. The fourth-order valence-electron chi connectivity index (χ4n) is 5.64. The SMILES string of the molecule is CCOC(=O)C(Cc1ccc(N(CCCl)CCCl)cc1)NC(=O)C(Cc1ccccc1)NC(=O)C(NC(=O)CNC(=O)C1CCCN1)C(C)C.Cl. The molecule has 3 rings (SSSR count). The number of ether oxygens (including phenoxy) is 1. The number of carbonyl (C=O) groups is 5. The quantitative estimate of drug-likeness (QED) is 0.102. The number of alkyl halides is 2. The normalized spacial score (nSPS) is 15.5. The first kappa shape index (κ1) is 43.6. The molecule has 2 aromatic carbocycles. The zero-order chi connectivity index (χ0) is 36.5. The highest BCUT2D eigenvalue weighted by Crippen LogP contribution is 2.17. The molecule has 1 heterocycles. The van der Waals surface area contributed by atoms with Gasteiger partial charge in [0.2, 0.25) is 23.6 Å². The van der Waals surface area contributed by atoms with E-state index in [9.17, 15) is 24.0 Å². The van der Waals surface area contributed by atoms with Gasteiger partial charge in [-0.05, 0) is 55.5 Å². The van der Waals surface area contributed by atoms with E-state index >= 15 is 0 Å². The number of esters is 1. The number of benzene rings is 2. The highest BCUT2D eigenvalue weighted by molar-refractivity contribution is 6.18. The van der Waals surface area contributed by atoms with Crippen molar-refractivity contribution >= 4 is 70.9 Å². The van der Waals surface area contributed by atoms with Crippen LogP contribution in [0.25, 0.3) is 0 Å². The van der Waals surface area contributed by atoms with Crippen LogP contribution in [0.5, 0.6) is 0 Å². The van der Waals surface area contributed by atoms with Crippen LogP contribution in [0.3, 0.4) is 0 Å². The number of carbonyl (C=O) groups excluding carboxylic acids is 5. The molecular weight excluding hydrogens is 719 g/mol. The summed E-state index contributed by atoms with van der Waals surface area (Å²) in [6.07, 6.45) is 1.86. The minimum absolute atomic E-state index is 0. The van der Waals surface area contributed by atoms with E-state index in [4.69, 9.17) is 27.9 Å². The van der Waals surface area contributed by atoms with Gasteiger partial charge in [-0.1, -0.05) is 56.3 Å². The molecule has 0 radical (unpaired) electrons. The molecule has 51 heavy (non-hydrogen) atoms. The molecule has 4 unspecified atom stereocenters. The smallest absolute Gasteiger partial charge is 0.328 e. The van der Waals surface area contributed by atoms with E-state index in [1.807, 2.05) is 54.6 Å². The molecule has 0 aromatic heterocycles. The van der Waals surface area contributed by atoms with E-state index in [-0.39, 0.29) is 56.3 Å². The monoisotopic (exact) mass is 768 g/mol. The molecular formula is C36H51Cl3N6O6. The Morgan fingerprint density at radius 1 is 0.863 bits per heavy atom. The Kier molecular flexibility index (Phi) is 19.7. The topological polar surface area (TPSA) is 158 Å². The average molecular weight is 770 g/mol. The van der Waals surface area contributed by atoms with Crippen LogP contribution in [0.1, 0.15) is 44.7 Å². The van der Waals surface area contributed by atoms with Gasteiger partial charge in [0.25, 0.3) is 0 Å². The van der Waals surface area contributed by atoms with Gasteiger partial charge >= 0.3 is 5.97 Å². The lowest BCUT2D eigenvalue weighted by atomic mass is 10.00. The van der Waals surface area contributed by atoms with Crippen molar-refractivity contribution in [3.63, 3.8) is 0 Å². The highest BCUT2D eigenvalue weighted by Gasteiger charge is 2.32. The number of nitrogens with one attached hydrogen (secondary N) is 5. The average Bonchev–Trinajstić information content (AvgIpc) is 3.65. The largest absolute Gasteiger partial charge is 0.464 e. The highest BCUT2D eigenvalue weighted by atomic mass is 35.5. The third-order valence-corrected chi connectivity index (χ3v) is 8.66. The summed E-state index contributed by atoms with van der Waals surface area (Å²) in [7, 11) is 0. The number of nitrogens with zero attached hydrogens (tertiary/aromatic N) is 1. The standard InChI is InChI=1S/C36H50Cl2N6O6.ClH/c1-4-50-36(49)30(22-26-12-14-27(15-13-26)44(19-16-37)20-17-38)42-34(47)29(21-25-9-6-5-7-10-25)41-35(48)32(24(2)3)43-31(45)23-40-33(46)28-11-8-18-39-28;/h5-7,9-10,12-15,24,28-30,32,39H,4,8,11,16-23H2,1-3H3,(H,40,46)(H,41,48)(H,42,47)(H,43,45);1H. The van der Waals surface area contributed by atoms with Crippen LogP contribution in [0.15, 0.2) is 54.6 Å². The summed E-state index contributed by atoms with van der Waals surface area (Å²) in [6, 6.07) is 13.3. The molecule has 1 fully saturated rings. The summed E-state index contributed by atoms with van der Waals surface area (Å²) < 4.78 is 5.31. The molecule has 1 saturated heterocycles. The molecule has 5 N–H and O–H groups in total. The Bertz CT molecular complexity index is 1390. The van der Waals surface area contributed by atoms with Crippen LogP contribution in [-0.4, -0.2) is 98.3 Å². The van der Waals surface area contributed by atoms with Gasteiger partial charge in [-0.25, -0.2) is 4.79 Å². The van der Waals surface area contributed by atoms with Crippen LogP contribution >= 0.6 is 35.6 Å². The van der Waals surface area contributed by atoms with Crippen LogP contribution in [0.2, 0.25) is 0 Å². The first-order chi connectivity index (χ1) is 24.1. The maximum atomic E-state index is 13.9. The lowest BCUT2D eigenvalue weighted by Gasteiger charge is -2.27. The van der Waals surface area contributed by atoms with Crippen LogP contribution in [-0.2, 0) is 41.6 Å². The fourth-order valence-corrected chi connectivity index (χ4v) is 6.05. The summed E-state index contributed by atoms with van der Waals surface area (Å²) in [5.41, 5.74) is 2.49. The third kappa shape index (κ3) is 14.5. The van der Waals surface area contributed by atoms with Gasteiger partial charge in [-0.15, -0.1) is 35.6 Å². The summed E-state index contributed by atoms with van der Waals surface area (Å²) in [5, 5.41) is 14.0. The maximum absolute atomic E-state index is 13.9. The molecule has 0 saturated carbocycles. The van der Waals surface area contributed by atoms with Gasteiger partial charge in [-0.3, -0.25) is 19.2 Å². The van der Waals surface area contributed by atoms with Gasteiger partial charge in [0.1, 0.15) is 18.1 Å². The molecule has 0 aliphatic carbocycles. The number of halogens is 3. The minimum atomic E-state index is -1.09. The van der Waals surface area contributed by atoms with Gasteiger partial charge in [0, 0.05) is 43.4 Å². The van der Waals surface area contributed by atoms with Gasteiger partial charge in [0.15, 0.2) is 0 Å². The zero-order valence-corrected chi connectivity index (χ0v) is 31.8. The van der Waals surface area contributed by atoms with Crippen LogP contribution in [0, 0.1) is 5.92 Å². The summed E-state index contributed by atoms with van der Waals surface area (Å²) in [5.74, 6) is -2.03. The molecule has 1 aliphatic heterocycles. The first-order valence-electron chi connectivity index (χ1n) is 17.1. The molecule has 282 valence electrons. The van der Waals surface area contributed by atoms with E-state index in [0.29, 0.717) is 31.3 Å². The predicted octanol–water partition coefficient (Wildman–Crippen LogP) is 2.72. The van der Waals surface area contributed by atoms with Gasteiger partial charge < -0.3 is 36.2 Å². The van der Waals surface area contributed by atoms with Crippen molar-refractivity contribution < 1.29 is 28.7 Å². The molecule has 2 aromatic rings. The Balaban J connectivity index is 0.00000901. The molecule has 15 heteroatoms. The van der Waals surface area contributed by atoms with E-state index in [1.165, 1.54) is 0 Å². The third-order valence-electron chi connectivity index (χ3n) is 8.32. The van der Waals surface area contributed by atoms with Crippen LogP contribution in [0.4, 0.5) is 5.69 Å². The molecule has 0 spiro atoms. The van der Waals surface area contributed by atoms with E-state index < -0.39 is 41.8 Å². The van der Waals surface area contributed by atoms with Crippen molar-refractivity contribution in [2.24, 2.45) is 5.92 Å². The first-order valence-corrected chi connectivity index (χ1v) is 18.2. The number of hydrogen-bond acceptors (Lipinski definition) is 8. The van der Waals surface area contributed by atoms with Crippen molar-refractivity contribution in [1.82, 2.24) is 26.6 Å². The Morgan fingerprint density at radius 3 is 2.04 bits per heavy atom. The van der Waals surface area contributed by atoms with E-state index in [1.54, 1.807) is 20.8 Å². The number of hydrogen-bond donors (Lipinski definition) is 5. The number of anilines is 1. The number of rotatable bonds is 20. The van der Waals surface area contributed by atoms with Crippen molar-refractivity contribution in [2.75, 3.05) is 49.4 Å². The molecule has 4 atom stereocenters. The number of amides is 4. The molecule has 0 bridgehead atoms. The molecule has 4 amide bonds.